The molecule has 1 heterocycles. The van der Waals surface area contributed by atoms with Crippen molar-refractivity contribution < 1.29 is 5.11 Å². The number of nitrogens with zero attached hydrogens (tertiary/aromatic N) is 1. The number of para-hydroxylation sites is 1. The Morgan fingerprint density at radius 1 is 1.41 bits per heavy atom. The fourth-order valence-corrected chi connectivity index (χ4v) is 2.82. The zero-order valence-electron chi connectivity index (χ0n) is 10.9. The third-order valence-corrected chi connectivity index (χ3v) is 3.71. The first kappa shape index (κ1) is 12.4. The second-order valence-electron chi connectivity index (χ2n) is 5.12. The van der Waals surface area contributed by atoms with Crippen molar-refractivity contribution in [3.63, 3.8) is 0 Å². The molecule has 0 aromatic heterocycles. The number of aliphatic hydroxyl groups is 1. The van der Waals surface area contributed by atoms with Crippen LogP contribution >= 0.6 is 0 Å². The average Bonchev–Trinajstić information content (AvgIpc) is 2.78. The summed E-state index contributed by atoms with van der Waals surface area (Å²) < 4.78 is 0. The van der Waals surface area contributed by atoms with Crippen molar-refractivity contribution in [3.8, 4) is 0 Å². The third kappa shape index (κ3) is 2.81. The van der Waals surface area contributed by atoms with Crippen LogP contribution in [0, 0.1) is 5.92 Å². The summed E-state index contributed by atoms with van der Waals surface area (Å²) in [5.74, 6) is 0.835. The predicted octanol–water partition coefficient (Wildman–Crippen LogP) is 3.37. The molecule has 1 aromatic rings. The van der Waals surface area contributed by atoms with E-state index in [1.54, 1.807) is 0 Å². The van der Waals surface area contributed by atoms with Crippen molar-refractivity contribution in [3.05, 3.63) is 29.8 Å². The molecule has 1 saturated heterocycles. The lowest BCUT2D eigenvalue weighted by Crippen LogP contribution is -2.21. The number of hydrogen-bond donors (Lipinski definition) is 1. The van der Waals surface area contributed by atoms with Crippen LogP contribution in [0.4, 0.5) is 5.69 Å². The van der Waals surface area contributed by atoms with Gasteiger partial charge in [0.2, 0.25) is 0 Å². The molecule has 1 N–H and O–H groups in total. The molecule has 1 unspecified atom stereocenters. The second-order valence-corrected chi connectivity index (χ2v) is 5.12. The highest BCUT2D eigenvalue weighted by Crippen LogP contribution is 2.31. The van der Waals surface area contributed by atoms with Gasteiger partial charge in [-0.2, -0.15) is 0 Å². The van der Waals surface area contributed by atoms with E-state index >= 15 is 0 Å². The first-order valence-corrected chi connectivity index (χ1v) is 6.74. The van der Waals surface area contributed by atoms with E-state index in [4.69, 9.17) is 0 Å². The maximum atomic E-state index is 9.81. The molecule has 0 spiro atoms. The predicted molar refractivity (Wildman–Crippen MR) is 72.3 cm³/mol. The van der Waals surface area contributed by atoms with Crippen LogP contribution in [-0.4, -0.2) is 18.2 Å². The van der Waals surface area contributed by atoms with Crippen molar-refractivity contribution in [2.75, 3.05) is 18.0 Å². The highest BCUT2D eigenvalue weighted by atomic mass is 16.3. The van der Waals surface area contributed by atoms with Crippen molar-refractivity contribution in [1.82, 2.24) is 0 Å². The van der Waals surface area contributed by atoms with E-state index in [0.29, 0.717) is 0 Å². The Bertz CT molecular complexity index is 362. The smallest absolute Gasteiger partial charge is 0.0781 e. The van der Waals surface area contributed by atoms with Crippen LogP contribution in [0.2, 0.25) is 0 Å². The molecule has 17 heavy (non-hydrogen) atoms. The van der Waals surface area contributed by atoms with E-state index in [-0.39, 0.29) is 6.10 Å². The fourth-order valence-electron chi connectivity index (χ4n) is 2.82. The van der Waals surface area contributed by atoms with Crippen LogP contribution in [0.15, 0.2) is 24.3 Å². The largest absolute Gasteiger partial charge is 0.389 e. The zero-order chi connectivity index (χ0) is 12.3. The summed E-state index contributed by atoms with van der Waals surface area (Å²) in [6, 6.07) is 8.24. The maximum Gasteiger partial charge on any atom is 0.0781 e. The fraction of sp³-hybridized carbons (Fsp3) is 0.600. The Balaban J connectivity index is 2.13. The summed E-state index contributed by atoms with van der Waals surface area (Å²) in [5, 5.41) is 9.81. The van der Waals surface area contributed by atoms with Gasteiger partial charge in [0.1, 0.15) is 0 Å². The molecular formula is C15H23NO. The highest BCUT2D eigenvalue weighted by molar-refractivity contribution is 5.55. The third-order valence-electron chi connectivity index (χ3n) is 3.71. The van der Waals surface area contributed by atoms with Gasteiger partial charge in [0, 0.05) is 24.3 Å². The minimum absolute atomic E-state index is 0.378. The van der Waals surface area contributed by atoms with Gasteiger partial charge in [-0.15, -0.1) is 0 Å². The van der Waals surface area contributed by atoms with E-state index in [2.05, 4.69) is 24.0 Å². The van der Waals surface area contributed by atoms with Gasteiger partial charge in [-0.25, -0.2) is 0 Å². The molecule has 94 valence electrons. The van der Waals surface area contributed by atoms with Crippen molar-refractivity contribution in [1.29, 1.82) is 0 Å². The number of aliphatic hydroxyl groups excluding tert-OH is 1. The molecule has 2 atom stereocenters. The summed E-state index contributed by atoms with van der Waals surface area (Å²) in [6.07, 6.45) is 3.52. The number of benzene rings is 1. The van der Waals surface area contributed by atoms with Crippen LogP contribution < -0.4 is 4.90 Å². The molecule has 0 bridgehead atoms. The van der Waals surface area contributed by atoms with Crippen LogP contribution in [0.3, 0.4) is 0 Å². The Kier molecular flexibility index (Phi) is 4.06. The van der Waals surface area contributed by atoms with E-state index in [1.165, 1.54) is 24.9 Å². The molecule has 1 aliphatic heterocycles. The molecule has 1 fully saturated rings. The lowest BCUT2D eigenvalue weighted by atomic mass is 10.0. The van der Waals surface area contributed by atoms with Crippen molar-refractivity contribution in [2.24, 2.45) is 5.92 Å². The van der Waals surface area contributed by atoms with Gasteiger partial charge in [0.05, 0.1) is 6.10 Å². The Morgan fingerprint density at radius 3 is 2.88 bits per heavy atom. The molecule has 1 aliphatic rings. The minimum atomic E-state index is -0.378. The normalized spacial score (nSPS) is 21.8. The molecule has 2 rings (SSSR count). The van der Waals surface area contributed by atoms with E-state index in [1.807, 2.05) is 19.1 Å². The van der Waals surface area contributed by atoms with Gasteiger partial charge < -0.3 is 10.0 Å². The van der Waals surface area contributed by atoms with Gasteiger partial charge >= 0.3 is 0 Å². The highest BCUT2D eigenvalue weighted by Gasteiger charge is 2.23. The van der Waals surface area contributed by atoms with Gasteiger partial charge in [-0.1, -0.05) is 31.5 Å². The molecule has 1 aromatic carbocycles. The summed E-state index contributed by atoms with van der Waals surface area (Å²) in [6.45, 7) is 6.39. The van der Waals surface area contributed by atoms with Crippen molar-refractivity contribution >= 4 is 5.69 Å². The monoisotopic (exact) mass is 233 g/mol. The van der Waals surface area contributed by atoms with Crippen LogP contribution in [0.1, 0.15) is 44.8 Å². The second kappa shape index (κ2) is 5.54. The number of rotatable bonds is 4. The van der Waals surface area contributed by atoms with Gasteiger partial charge in [-0.05, 0) is 31.7 Å². The quantitative estimate of drug-likeness (QED) is 0.862. The molecule has 0 amide bonds. The molecule has 0 saturated carbocycles. The molecule has 2 heteroatoms. The lowest BCUT2D eigenvalue weighted by molar-refractivity contribution is 0.199. The SMILES string of the molecule is CCCC1CCN(c2ccccc2[C@@H](C)O)C1. The lowest BCUT2D eigenvalue weighted by Gasteiger charge is -2.23. The van der Waals surface area contributed by atoms with Crippen LogP contribution in [0.5, 0.6) is 0 Å². The summed E-state index contributed by atoms with van der Waals surface area (Å²) in [5.41, 5.74) is 2.28. The van der Waals surface area contributed by atoms with Gasteiger partial charge in [-0.3, -0.25) is 0 Å². The summed E-state index contributed by atoms with van der Waals surface area (Å²) >= 11 is 0. The van der Waals surface area contributed by atoms with Gasteiger partial charge in [0.15, 0.2) is 0 Å². The van der Waals surface area contributed by atoms with E-state index in [9.17, 15) is 5.11 Å². The van der Waals surface area contributed by atoms with Crippen molar-refractivity contribution in [2.45, 2.75) is 39.2 Å². The van der Waals surface area contributed by atoms with Gasteiger partial charge in [0.25, 0.3) is 0 Å². The summed E-state index contributed by atoms with van der Waals surface area (Å²) in [4.78, 5) is 2.43. The first-order valence-electron chi connectivity index (χ1n) is 6.74. The molecular weight excluding hydrogens is 210 g/mol. The standard InChI is InChI=1S/C15H23NO/c1-3-6-13-9-10-16(11-13)15-8-5-4-7-14(15)12(2)17/h4-5,7-8,12-13,17H,3,6,9-11H2,1-2H3/t12-,13?/m1/s1. The zero-order valence-corrected chi connectivity index (χ0v) is 10.9. The Hall–Kier alpha value is -1.02. The van der Waals surface area contributed by atoms with E-state index < -0.39 is 0 Å². The average molecular weight is 233 g/mol. The number of anilines is 1. The minimum Gasteiger partial charge on any atom is -0.389 e. The Labute approximate surface area is 104 Å². The maximum absolute atomic E-state index is 9.81. The molecule has 0 aliphatic carbocycles. The van der Waals surface area contributed by atoms with Crippen LogP contribution in [-0.2, 0) is 0 Å². The number of hydrogen-bond acceptors (Lipinski definition) is 2. The molecule has 2 nitrogen and oxygen atoms in total. The topological polar surface area (TPSA) is 23.5 Å². The van der Waals surface area contributed by atoms with E-state index in [0.717, 1.165) is 24.6 Å². The summed E-state index contributed by atoms with van der Waals surface area (Å²) in [7, 11) is 0. The first-order chi connectivity index (χ1) is 8.22. The molecule has 0 radical (unpaired) electrons. The van der Waals surface area contributed by atoms with Crippen LogP contribution in [0.25, 0.3) is 0 Å². The Morgan fingerprint density at radius 2 is 2.18 bits per heavy atom.